The summed E-state index contributed by atoms with van der Waals surface area (Å²) in [5.41, 5.74) is 2.13. The summed E-state index contributed by atoms with van der Waals surface area (Å²) in [7, 11) is 1.76. The van der Waals surface area contributed by atoms with E-state index in [1.54, 1.807) is 28.7 Å². The zero-order chi connectivity index (χ0) is 19.6. The molecule has 27 heavy (non-hydrogen) atoms. The Bertz CT molecular complexity index is 710. The van der Waals surface area contributed by atoms with E-state index in [0.29, 0.717) is 32.8 Å². The standard InChI is InChI=1S/C20H27N3O4/c1-4-27-20(26)23-11-9-22(10-12-23)19(25)16-13-17(24)21(3)18(16)15-7-5-14(2)6-8-15/h5-8,16,18H,4,9-13H2,1-3H3/t16-,18+/m0/s1. The number of ether oxygens (including phenoxy) is 1. The number of aryl methyl sites for hydroxylation is 1. The van der Waals surface area contributed by atoms with E-state index in [1.807, 2.05) is 31.2 Å². The van der Waals surface area contributed by atoms with Gasteiger partial charge in [0.1, 0.15) is 0 Å². The minimum Gasteiger partial charge on any atom is -0.450 e. The molecular formula is C20H27N3O4. The van der Waals surface area contributed by atoms with Gasteiger partial charge in [-0.05, 0) is 19.4 Å². The Hall–Kier alpha value is -2.57. The lowest BCUT2D eigenvalue weighted by molar-refractivity contribution is -0.138. The second-order valence-electron chi connectivity index (χ2n) is 7.18. The molecule has 146 valence electrons. The molecule has 3 rings (SSSR count). The number of amides is 3. The number of hydrogen-bond donors (Lipinski definition) is 0. The van der Waals surface area contributed by atoms with Crippen LogP contribution in [0.4, 0.5) is 4.79 Å². The van der Waals surface area contributed by atoms with Gasteiger partial charge in [0.15, 0.2) is 0 Å². The van der Waals surface area contributed by atoms with E-state index >= 15 is 0 Å². The SMILES string of the molecule is CCOC(=O)N1CCN(C(=O)[C@H]2CC(=O)N(C)[C@@H]2c2ccc(C)cc2)CC1. The molecule has 1 aromatic carbocycles. The molecule has 7 nitrogen and oxygen atoms in total. The fourth-order valence-corrected chi connectivity index (χ4v) is 3.87. The number of benzene rings is 1. The molecule has 2 aliphatic rings. The molecule has 0 saturated carbocycles. The van der Waals surface area contributed by atoms with Crippen LogP contribution in [0.2, 0.25) is 0 Å². The van der Waals surface area contributed by atoms with Crippen LogP contribution in [-0.4, -0.2) is 72.4 Å². The number of nitrogens with zero attached hydrogens (tertiary/aromatic N) is 3. The maximum absolute atomic E-state index is 13.2. The smallest absolute Gasteiger partial charge is 0.409 e. The zero-order valence-electron chi connectivity index (χ0n) is 16.2. The van der Waals surface area contributed by atoms with Gasteiger partial charge in [0, 0.05) is 39.6 Å². The van der Waals surface area contributed by atoms with Crippen molar-refractivity contribution >= 4 is 17.9 Å². The molecule has 0 radical (unpaired) electrons. The van der Waals surface area contributed by atoms with Gasteiger partial charge in [-0.25, -0.2) is 4.79 Å². The molecule has 3 amide bonds. The predicted octanol–water partition coefficient (Wildman–Crippen LogP) is 1.82. The van der Waals surface area contributed by atoms with Crippen LogP contribution in [0.1, 0.15) is 30.5 Å². The van der Waals surface area contributed by atoms with Crippen molar-refractivity contribution in [2.75, 3.05) is 39.8 Å². The summed E-state index contributed by atoms with van der Waals surface area (Å²) >= 11 is 0. The van der Waals surface area contributed by atoms with E-state index in [4.69, 9.17) is 4.74 Å². The number of piperazine rings is 1. The van der Waals surface area contributed by atoms with E-state index in [-0.39, 0.29) is 36.3 Å². The summed E-state index contributed by atoms with van der Waals surface area (Å²) in [6.45, 7) is 5.97. The van der Waals surface area contributed by atoms with Gasteiger partial charge < -0.3 is 19.4 Å². The number of hydrogen-bond acceptors (Lipinski definition) is 4. The number of carbonyl (C=O) groups excluding carboxylic acids is 3. The molecule has 7 heteroatoms. The molecule has 2 aliphatic heterocycles. The van der Waals surface area contributed by atoms with Gasteiger partial charge in [0.25, 0.3) is 0 Å². The molecule has 0 aliphatic carbocycles. The Kier molecular flexibility index (Phi) is 5.68. The van der Waals surface area contributed by atoms with Gasteiger partial charge in [-0.3, -0.25) is 9.59 Å². The van der Waals surface area contributed by atoms with Crippen LogP contribution in [0.3, 0.4) is 0 Å². The third-order valence-corrected chi connectivity index (χ3v) is 5.44. The Morgan fingerprint density at radius 2 is 1.67 bits per heavy atom. The average Bonchev–Trinajstić information content (AvgIpc) is 2.97. The molecule has 2 saturated heterocycles. The first-order valence-electron chi connectivity index (χ1n) is 9.45. The van der Waals surface area contributed by atoms with Crippen molar-refractivity contribution in [3.63, 3.8) is 0 Å². The maximum atomic E-state index is 13.2. The Morgan fingerprint density at radius 1 is 1.07 bits per heavy atom. The summed E-state index contributed by atoms with van der Waals surface area (Å²) in [6.07, 6.45) is -0.107. The summed E-state index contributed by atoms with van der Waals surface area (Å²) in [4.78, 5) is 42.4. The highest BCUT2D eigenvalue weighted by Gasteiger charge is 2.44. The number of rotatable bonds is 3. The summed E-state index contributed by atoms with van der Waals surface area (Å²) in [6, 6.07) is 7.76. The lowest BCUT2D eigenvalue weighted by atomic mass is 9.91. The minimum absolute atomic E-state index is 0.0101. The van der Waals surface area contributed by atoms with Gasteiger partial charge >= 0.3 is 6.09 Å². The highest BCUT2D eigenvalue weighted by atomic mass is 16.6. The van der Waals surface area contributed by atoms with Crippen LogP contribution < -0.4 is 0 Å². The average molecular weight is 373 g/mol. The van der Waals surface area contributed by atoms with Crippen LogP contribution >= 0.6 is 0 Å². The molecule has 2 heterocycles. The zero-order valence-corrected chi connectivity index (χ0v) is 16.2. The first-order valence-corrected chi connectivity index (χ1v) is 9.45. The van der Waals surface area contributed by atoms with Crippen molar-refractivity contribution in [2.45, 2.75) is 26.3 Å². The van der Waals surface area contributed by atoms with Crippen molar-refractivity contribution < 1.29 is 19.1 Å². The highest BCUT2D eigenvalue weighted by molar-refractivity contribution is 5.90. The largest absolute Gasteiger partial charge is 0.450 e. The topological polar surface area (TPSA) is 70.2 Å². The van der Waals surface area contributed by atoms with E-state index < -0.39 is 0 Å². The first kappa shape index (κ1) is 19.2. The van der Waals surface area contributed by atoms with Crippen LogP contribution in [0.5, 0.6) is 0 Å². The molecule has 0 unspecified atom stereocenters. The van der Waals surface area contributed by atoms with E-state index in [1.165, 1.54) is 0 Å². The van der Waals surface area contributed by atoms with Crippen LogP contribution in [0.15, 0.2) is 24.3 Å². The number of carbonyl (C=O) groups is 3. The molecule has 2 atom stereocenters. The molecular weight excluding hydrogens is 346 g/mol. The molecule has 0 bridgehead atoms. The van der Waals surface area contributed by atoms with Crippen molar-refractivity contribution in [1.82, 2.24) is 14.7 Å². The fraction of sp³-hybridized carbons (Fsp3) is 0.550. The third kappa shape index (κ3) is 3.91. The molecule has 2 fully saturated rings. The van der Waals surface area contributed by atoms with Crippen molar-refractivity contribution in [3.8, 4) is 0 Å². The molecule has 0 spiro atoms. The maximum Gasteiger partial charge on any atom is 0.409 e. The predicted molar refractivity (Wildman–Crippen MR) is 100.0 cm³/mol. The Labute approximate surface area is 159 Å². The second-order valence-corrected chi connectivity index (χ2v) is 7.18. The third-order valence-electron chi connectivity index (χ3n) is 5.44. The second kappa shape index (κ2) is 7.98. The lowest BCUT2D eigenvalue weighted by Crippen LogP contribution is -2.52. The Balaban J connectivity index is 1.70. The van der Waals surface area contributed by atoms with Crippen LogP contribution in [-0.2, 0) is 14.3 Å². The summed E-state index contributed by atoms with van der Waals surface area (Å²) in [5.74, 6) is -0.412. The van der Waals surface area contributed by atoms with E-state index in [9.17, 15) is 14.4 Å². The van der Waals surface area contributed by atoms with Crippen LogP contribution in [0, 0.1) is 12.8 Å². The quantitative estimate of drug-likeness (QED) is 0.810. The molecule has 1 aromatic rings. The highest BCUT2D eigenvalue weighted by Crippen LogP contribution is 2.38. The summed E-state index contributed by atoms with van der Waals surface area (Å²) < 4.78 is 5.02. The normalized spacial score (nSPS) is 22.9. The van der Waals surface area contributed by atoms with E-state index in [0.717, 1.165) is 11.1 Å². The van der Waals surface area contributed by atoms with Gasteiger partial charge in [-0.15, -0.1) is 0 Å². The van der Waals surface area contributed by atoms with Gasteiger partial charge in [0.05, 0.1) is 18.6 Å². The monoisotopic (exact) mass is 373 g/mol. The summed E-state index contributed by atoms with van der Waals surface area (Å²) in [5, 5.41) is 0. The van der Waals surface area contributed by atoms with Crippen molar-refractivity contribution in [3.05, 3.63) is 35.4 Å². The minimum atomic E-state index is -0.389. The molecule has 0 aromatic heterocycles. The van der Waals surface area contributed by atoms with E-state index in [2.05, 4.69) is 0 Å². The van der Waals surface area contributed by atoms with Gasteiger partial charge in [0.2, 0.25) is 11.8 Å². The Morgan fingerprint density at radius 3 is 2.26 bits per heavy atom. The van der Waals surface area contributed by atoms with Crippen LogP contribution in [0.25, 0.3) is 0 Å². The van der Waals surface area contributed by atoms with Gasteiger partial charge in [-0.1, -0.05) is 29.8 Å². The first-order chi connectivity index (χ1) is 12.9. The number of likely N-dealkylation sites (tertiary alicyclic amines) is 1. The molecule has 0 N–H and O–H groups in total. The lowest BCUT2D eigenvalue weighted by Gasteiger charge is -2.36. The van der Waals surface area contributed by atoms with Crippen molar-refractivity contribution in [1.29, 1.82) is 0 Å². The van der Waals surface area contributed by atoms with Gasteiger partial charge in [-0.2, -0.15) is 0 Å². The fourth-order valence-electron chi connectivity index (χ4n) is 3.87. The van der Waals surface area contributed by atoms with Crippen molar-refractivity contribution in [2.24, 2.45) is 5.92 Å².